The molecule has 1 nitrogen and oxygen atoms in total. The van der Waals surface area contributed by atoms with E-state index in [0.29, 0.717) is 5.15 Å². The Balaban J connectivity index is 0.000000605. The topological polar surface area (TPSA) is 15.8 Å². The molecule has 2 aromatic rings. The molecule has 1 aromatic carbocycles. The summed E-state index contributed by atoms with van der Waals surface area (Å²) >= 11 is 5.73. The Hall–Kier alpha value is -0.184. The van der Waals surface area contributed by atoms with Crippen LogP contribution in [0.2, 0.25) is 5.15 Å². The van der Waals surface area contributed by atoms with Crippen molar-refractivity contribution < 1.29 is 0 Å². The Morgan fingerprint density at radius 2 is 1.91 bits per heavy atom. The SMILES string of the molecule is Clc1cc2ccccc2[nH]1.[MgH2]. The summed E-state index contributed by atoms with van der Waals surface area (Å²) in [7, 11) is 0. The van der Waals surface area contributed by atoms with E-state index in [9.17, 15) is 0 Å². The molecule has 0 unspecified atom stereocenters. The van der Waals surface area contributed by atoms with Gasteiger partial charge in [0.05, 0.1) is 0 Å². The van der Waals surface area contributed by atoms with E-state index in [1.807, 2.05) is 30.3 Å². The highest BCUT2D eigenvalue weighted by Crippen LogP contribution is 2.17. The quantitative estimate of drug-likeness (QED) is 0.593. The Bertz CT molecular complexity index is 323. The summed E-state index contributed by atoms with van der Waals surface area (Å²) in [4.78, 5) is 3.02. The molecule has 1 aromatic heterocycles. The molecule has 0 aliphatic heterocycles. The van der Waals surface area contributed by atoms with E-state index in [1.54, 1.807) is 0 Å². The van der Waals surface area contributed by atoms with E-state index in [-0.39, 0.29) is 23.1 Å². The van der Waals surface area contributed by atoms with Crippen molar-refractivity contribution in [2.75, 3.05) is 0 Å². The van der Waals surface area contributed by atoms with Crippen LogP contribution in [0.5, 0.6) is 0 Å². The van der Waals surface area contributed by atoms with Crippen molar-refractivity contribution >= 4 is 45.6 Å². The first kappa shape index (κ1) is 8.91. The molecule has 0 aliphatic carbocycles. The molecule has 54 valence electrons. The van der Waals surface area contributed by atoms with Gasteiger partial charge < -0.3 is 4.98 Å². The van der Waals surface area contributed by atoms with E-state index in [1.165, 1.54) is 0 Å². The number of aromatic nitrogens is 1. The average molecular weight is 178 g/mol. The fourth-order valence-electron chi connectivity index (χ4n) is 1.04. The van der Waals surface area contributed by atoms with Crippen LogP contribution in [0, 0.1) is 0 Å². The molecule has 11 heavy (non-hydrogen) atoms. The van der Waals surface area contributed by atoms with Gasteiger partial charge in [0, 0.05) is 10.9 Å². The van der Waals surface area contributed by atoms with Crippen molar-refractivity contribution in [3.8, 4) is 0 Å². The summed E-state index contributed by atoms with van der Waals surface area (Å²) in [5, 5.41) is 1.86. The highest BCUT2D eigenvalue weighted by Gasteiger charge is 1.93. The molecule has 0 fully saturated rings. The van der Waals surface area contributed by atoms with Crippen LogP contribution in [0.3, 0.4) is 0 Å². The van der Waals surface area contributed by atoms with Gasteiger partial charge in [-0.2, -0.15) is 0 Å². The minimum absolute atomic E-state index is 0. The fraction of sp³-hybridized carbons (Fsp3) is 0. The monoisotopic (exact) mass is 177 g/mol. The van der Waals surface area contributed by atoms with E-state index in [2.05, 4.69) is 4.98 Å². The second-order valence-electron chi connectivity index (χ2n) is 2.20. The summed E-state index contributed by atoms with van der Waals surface area (Å²) in [6, 6.07) is 9.91. The molecule has 1 N–H and O–H groups in total. The van der Waals surface area contributed by atoms with E-state index < -0.39 is 0 Å². The zero-order valence-electron chi connectivity index (χ0n) is 5.26. The minimum Gasteiger partial charge on any atom is -0.346 e. The van der Waals surface area contributed by atoms with Gasteiger partial charge in [0.15, 0.2) is 0 Å². The number of halogens is 1. The van der Waals surface area contributed by atoms with Crippen molar-refractivity contribution in [1.29, 1.82) is 0 Å². The maximum atomic E-state index is 5.73. The second-order valence-corrected chi connectivity index (χ2v) is 2.61. The lowest BCUT2D eigenvalue weighted by molar-refractivity contribution is 1.48. The van der Waals surface area contributed by atoms with Gasteiger partial charge in [0.1, 0.15) is 5.15 Å². The van der Waals surface area contributed by atoms with Crippen LogP contribution in [-0.2, 0) is 0 Å². The molecule has 0 amide bonds. The number of hydrogen-bond acceptors (Lipinski definition) is 0. The normalized spacial score (nSPS) is 9.55. The molecule has 2 rings (SSSR count). The number of aromatic amines is 1. The van der Waals surface area contributed by atoms with Crippen molar-refractivity contribution in [1.82, 2.24) is 4.98 Å². The molecule has 0 spiro atoms. The zero-order chi connectivity index (χ0) is 6.97. The molecule has 0 atom stereocenters. The third kappa shape index (κ3) is 1.69. The number of para-hydroxylation sites is 1. The first-order chi connectivity index (χ1) is 4.86. The average Bonchev–Trinajstić information content (AvgIpc) is 2.27. The summed E-state index contributed by atoms with van der Waals surface area (Å²) in [5.74, 6) is 0. The van der Waals surface area contributed by atoms with Crippen LogP contribution >= 0.6 is 11.6 Å². The van der Waals surface area contributed by atoms with E-state index in [4.69, 9.17) is 11.6 Å². The first-order valence-electron chi connectivity index (χ1n) is 3.09. The number of fused-ring (bicyclic) bond motifs is 1. The molecule has 3 heteroatoms. The third-order valence-electron chi connectivity index (χ3n) is 1.50. The molecular weight excluding hydrogens is 170 g/mol. The maximum absolute atomic E-state index is 5.73. The maximum Gasteiger partial charge on any atom is 0.316 e. The Morgan fingerprint density at radius 1 is 1.18 bits per heavy atom. The number of hydrogen-bond donors (Lipinski definition) is 1. The molecule has 0 radical (unpaired) electrons. The summed E-state index contributed by atoms with van der Waals surface area (Å²) < 4.78 is 0. The predicted molar refractivity (Wildman–Crippen MR) is 51.9 cm³/mol. The van der Waals surface area contributed by atoms with Gasteiger partial charge in [-0.15, -0.1) is 0 Å². The smallest absolute Gasteiger partial charge is 0.316 e. The molecule has 0 bridgehead atoms. The minimum atomic E-state index is 0. The van der Waals surface area contributed by atoms with Crippen LogP contribution in [0.1, 0.15) is 0 Å². The Kier molecular flexibility index (Phi) is 2.81. The van der Waals surface area contributed by atoms with Crippen LogP contribution in [0.4, 0.5) is 0 Å². The van der Waals surface area contributed by atoms with Gasteiger partial charge in [-0.3, -0.25) is 0 Å². The second kappa shape index (κ2) is 3.48. The lowest BCUT2D eigenvalue weighted by Crippen LogP contribution is -1.62. The Labute approximate surface area is 85.9 Å². The van der Waals surface area contributed by atoms with Crippen LogP contribution in [-0.4, -0.2) is 28.0 Å². The van der Waals surface area contributed by atoms with Gasteiger partial charge in [0.25, 0.3) is 0 Å². The fourth-order valence-corrected chi connectivity index (χ4v) is 1.26. The largest absolute Gasteiger partial charge is 0.346 e. The van der Waals surface area contributed by atoms with Crippen molar-refractivity contribution in [2.45, 2.75) is 0 Å². The van der Waals surface area contributed by atoms with Crippen LogP contribution in [0.15, 0.2) is 30.3 Å². The zero-order valence-corrected chi connectivity index (χ0v) is 6.02. The third-order valence-corrected chi connectivity index (χ3v) is 1.70. The highest BCUT2D eigenvalue weighted by molar-refractivity contribution is 6.30. The molecular formula is C8H8ClMgN. The van der Waals surface area contributed by atoms with Crippen molar-refractivity contribution in [2.24, 2.45) is 0 Å². The van der Waals surface area contributed by atoms with Crippen LogP contribution < -0.4 is 0 Å². The number of nitrogens with one attached hydrogen (secondary N) is 1. The number of rotatable bonds is 0. The van der Waals surface area contributed by atoms with E-state index >= 15 is 0 Å². The van der Waals surface area contributed by atoms with Crippen molar-refractivity contribution in [3.05, 3.63) is 35.5 Å². The number of H-pyrrole nitrogens is 1. The summed E-state index contributed by atoms with van der Waals surface area (Å²) in [6.07, 6.45) is 0. The predicted octanol–water partition coefficient (Wildman–Crippen LogP) is 1.91. The lowest BCUT2D eigenvalue weighted by atomic mass is 10.3. The van der Waals surface area contributed by atoms with Gasteiger partial charge in [0.2, 0.25) is 0 Å². The first-order valence-corrected chi connectivity index (χ1v) is 3.47. The van der Waals surface area contributed by atoms with Crippen LogP contribution in [0.25, 0.3) is 10.9 Å². The van der Waals surface area contributed by atoms with E-state index in [0.717, 1.165) is 10.9 Å². The summed E-state index contributed by atoms with van der Waals surface area (Å²) in [5.41, 5.74) is 1.09. The standard InChI is InChI=1S/C8H6ClN.Mg.2H/c9-8-5-6-3-1-2-4-7(6)10-8;;;/h1-5,10H;;;. The highest BCUT2D eigenvalue weighted by atomic mass is 35.5. The van der Waals surface area contributed by atoms with Gasteiger partial charge in [-0.05, 0) is 12.1 Å². The molecule has 0 saturated heterocycles. The molecule has 1 heterocycles. The number of benzene rings is 1. The molecule has 0 saturated carbocycles. The summed E-state index contributed by atoms with van der Waals surface area (Å²) in [6.45, 7) is 0. The van der Waals surface area contributed by atoms with Crippen molar-refractivity contribution in [3.63, 3.8) is 0 Å². The lowest BCUT2D eigenvalue weighted by Gasteiger charge is -1.83. The molecule has 0 aliphatic rings. The van der Waals surface area contributed by atoms with Gasteiger partial charge in [-0.1, -0.05) is 29.8 Å². The van der Waals surface area contributed by atoms with Gasteiger partial charge in [-0.25, -0.2) is 0 Å². The Morgan fingerprint density at radius 3 is 2.64 bits per heavy atom. The van der Waals surface area contributed by atoms with Gasteiger partial charge >= 0.3 is 23.1 Å².